The third-order valence-electron chi connectivity index (χ3n) is 5.39. The van der Waals surface area contributed by atoms with Crippen molar-refractivity contribution in [3.8, 4) is 0 Å². The quantitative estimate of drug-likeness (QED) is 0.505. The molecule has 1 aliphatic rings. The monoisotopic (exact) mass is 465 g/mol. The second-order valence-electron chi connectivity index (χ2n) is 7.64. The Balaban J connectivity index is 1.55. The van der Waals surface area contributed by atoms with Crippen molar-refractivity contribution >= 4 is 40.8 Å². The third-order valence-corrected chi connectivity index (χ3v) is 5.65. The highest BCUT2D eigenvalue weighted by Crippen LogP contribution is 2.28. The van der Waals surface area contributed by atoms with E-state index in [-0.39, 0.29) is 24.6 Å². The van der Waals surface area contributed by atoms with E-state index in [9.17, 15) is 18.8 Å². The smallest absolute Gasteiger partial charge is 0.326 e. The fourth-order valence-electron chi connectivity index (χ4n) is 3.72. The Labute approximate surface area is 195 Å². The number of imide groups is 1. The van der Waals surface area contributed by atoms with Gasteiger partial charge in [0.05, 0.1) is 12.1 Å². The molecule has 3 aromatic rings. The molecule has 1 atom stereocenters. The van der Waals surface area contributed by atoms with E-state index in [0.717, 1.165) is 10.5 Å². The van der Waals surface area contributed by atoms with Crippen LogP contribution in [-0.4, -0.2) is 35.3 Å². The average molecular weight is 466 g/mol. The Morgan fingerprint density at radius 2 is 1.61 bits per heavy atom. The lowest BCUT2D eigenvalue weighted by Crippen LogP contribution is -2.39. The number of carbonyl (C=O) groups is 3. The molecule has 0 radical (unpaired) electrons. The van der Waals surface area contributed by atoms with Crippen LogP contribution in [0.3, 0.4) is 0 Å². The summed E-state index contributed by atoms with van der Waals surface area (Å²) in [5, 5.41) is 3.36. The van der Waals surface area contributed by atoms with E-state index in [1.807, 2.05) is 18.2 Å². The highest BCUT2D eigenvalue weighted by Gasteiger charge is 2.46. The highest BCUT2D eigenvalue weighted by atomic mass is 35.5. The Bertz CT molecular complexity index is 1150. The summed E-state index contributed by atoms with van der Waals surface area (Å²) >= 11 is 5.94. The number of halogens is 2. The molecule has 0 saturated carbocycles. The molecule has 1 fully saturated rings. The summed E-state index contributed by atoms with van der Waals surface area (Å²) in [6, 6.07) is 19.7. The number of nitrogens with one attached hydrogen (secondary N) is 1. The molecule has 8 heteroatoms. The number of amides is 4. The summed E-state index contributed by atoms with van der Waals surface area (Å²) < 4.78 is 13.4. The van der Waals surface area contributed by atoms with Gasteiger partial charge in [-0.2, -0.15) is 0 Å². The summed E-state index contributed by atoms with van der Waals surface area (Å²) in [6.45, 7) is 0.229. The van der Waals surface area contributed by atoms with Crippen LogP contribution in [0.5, 0.6) is 0 Å². The fourth-order valence-corrected chi connectivity index (χ4v) is 3.85. The van der Waals surface area contributed by atoms with Gasteiger partial charge >= 0.3 is 6.03 Å². The van der Waals surface area contributed by atoms with Gasteiger partial charge in [-0.25, -0.2) is 14.1 Å². The normalized spacial score (nSPS) is 15.8. The third kappa shape index (κ3) is 5.21. The van der Waals surface area contributed by atoms with E-state index < -0.39 is 23.8 Å². The lowest BCUT2D eigenvalue weighted by atomic mass is 10.1. The minimum atomic E-state index is -0.974. The molecular weight excluding hydrogens is 445 g/mol. The van der Waals surface area contributed by atoms with Crippen molar-refractivity contribution in [1.29, 1.82) is 0 Å². The number of hydrogen-bond donors (Lipinski definition) is 1. The van der Waals surface area contributed by atoms with Crippen molar-refractivity contribution in [1.82, 2.24) is 4.90 Å². The first-order valence-corrected chi connectivity index (χ1v) is 10.8. The number of urea groups is 1. The molecule has 1 N–H and O–H groups in total. The van der Waals surface area contributed by atoms with E-state index in [1.54, 1.807) is 36.4 Å². The topological polar surface area (TPSA) is 69.7 Å². The zero-order valence-electron chi connectivity index (χ0n) is 17.6. The number of rotatable bonds is 7. The number of benzene rings is 3. The number of carbonyl (C=O) groups excluding carboxylic acids is 3. The molecule has 1 heterocycles. The maximum absolute atomic E-state index is 13.4. The van der Waals surface area contributed by atoms with Crippen molar-refractivity contribution < 1.29 is 18.8 Å². The van der Waals surface area contributed by atoms with Crippen LogP contribution in [0.1, 0.15) is 12.0 Å². The Hall–Kier alpha value is -3.71. The first-order valence-electron chi connectivity index (χ1n) is 10.4. The van der Waals surface area contributed by atoms with Gasteiger partial charge < -0.3 is 10.2 Å². The average Bonchev–Trinajstić information content (AvgIpc) is 3.03. The van der Waals surface area contributed by atoms with Gasteiger partial charge in [0.15, 0.2) is 0 Å². The SMILES string of the molecule is O=C(C[C@@H]1C(=O)N(c2ccc(F)cc2)C(=O)N1CCc1ccc(Cl)cc1)Nc1ccccc1. The van der Waals surface area contributed by atoms with Crippen LogP contribution in [0.4, 0.5) is 20.6 Å². The Morgan fingerprint density at radius 1 is 0.939 bits per heavy atom. The molecule has 1 aliphatic heterocycles. The summed E-state index contributed by atoms with van der Waals surface area (Å²) in [7, 11) is 0. The second-order valence-corrected chi connectivity index (χ2v) is 8.07. The van der Waals surface area contributed by atoms with E-state index in [2.05, 4.69) is 5.32 Å². The maximum atomic E-state index is 13.4. The molecule has 0 spiro atoms. The minimum absolute atomic E-state index is 0.197. The Kier molecular flexibility index (Phi) is 6.70. The standard InChI is InChI=1S/C25H21ClFN3O3/c26-18-8-6-17(7-9-18)14-15-29-22(16-23(31)28-20-4-2-1-3-5-20)24(32)30(25(29)33)21-12-10-19(27)11-13-21/h1-13,22H,14-16H2,(H,28,31)/t22-/m1/s1. The molecule has 33 heavy (non-hydrogen) atoms. The number of anilines is 2. The molecular formula is C25H21ClFN3O3. The minimum Gasteiger partial charge on any atom is -0.326 e. The van der Waals surface area contributed by atoms with Gasteiger partial charge in [0, 0.05) is 17.3 Å². The molecule has 6 nitrogen and oxygen atoms in total. The van der Waals surface area contributed by atoms with Gasteiger partial charge in [0.2, 0.25) is 5.91 Å². The van der Waals surface area contributed by atoms with Gasteiger partial charge in [-0.3, -0.25) is 9.59 Å². The molecule has 3 aromatic carbocycles. The van der Waals surface area contributed by atoms with Crippen molar-refractivity contribution in [2.45, 2.75) is 18.9 Å². The molecule has 168 valence electrons. The van der Waals surface area contributed by atoms with Crippen LogP contribution in [0.15, 0.2) is 78.9 Å². The van der Waals surface area contributed by atoms with Gasteiger partial charge in [-0.05, 0) is 60.5 Å². The number of para-hydroxylation sites is 1. The van der Waals surface area contributed by atoms with Crippen LogP contribution in [0.2, 0.25) is 5.02 Å². The first-order chi connectivity index (χ1) is 15.9. The van der Waals surface area contributed by atoms with Crippen LogP contribution in [0, 0.1) is 5.82 Å². The molecule has 4 amide bonds. The summed E-state index contributed by atoms with van der Waals surface area (Å²) in [4.78, 5) is 41.5. The lowest BCUT2D eigenvalue weighted by molar-refractivity contribution is -0.124. The van der Waals surface area contributed by atoms with Crippen LogP contribution in [-0.2, 0) is 16.0 Å². The van der Waals surface area contributed by atoms with E-state index >= 15 is 0 Å². The Morgan fingerprint density at radius 3 is 2.27 bits per heavy atom. The van der Waals surface area contributed by atoms with Crippen LogP contribution < -0.4 is 10.2 Å². The molecule has 1 saturated heterocycles. The summed E-state index contributed by atoms with van der Waals surface area (Å²) in [6.07, 6.45) is 0.280. The van der Waals surface area contributed by atoms with Crippen LogP contribution in [0.25, 0.3) is 0 Å². The highest BCUT2D eigenvalue weighted by molar-refractivity contribution is 6.30. The largest absolute Gasteiger partial charge is 0.332 e. The van der Waals surface area contributed by atoms with Crippen molar-refractivity contribution in [2.24, 2.45) is 0 Å². The van der Waals surface area contributed by atoms with Crippen molar-refractivity contribution in [2.75, 3.05) is 16.8 Å². The zero-order valence-corrected chi connectivity index (χ0v) is 18.3. The number of hydrogen-bond acceptors (Lipinski definition) is 3. The van der Waals surface area contributed by atoms with Crippen LogP contribution >= 0.6 is 11.6 Å². The first kappa shape index (κ1) is 22.5. The predicted molar refractivity (Wildman–Crippen MR) is 125 cm³/mol. The molecule has 0 unspecified atom stereocenters. The molecule has 4 rings (SSSR count). The van der Waals surface area contributed by atoms with E-state index in [1.165, 1.54) is 29.2 Å². The van der Waals surface area contributed by atoms with Gasteiger partial charge in [0.1, 0.15) is 11.9 Å². The predicted octanol–water partition coefficient (Wildman–Crippen LogP) is 4.89. The lowest BCUT2D eigenvalue weighted by Gasteiger charge is -2.21. The van der Waals surface area contributed by atoms with Gasteiger partial charge in [0.25, 0.3) is 5.91 Å². The zero-order chi connectivity index (χ0) is 23.4. The fraction of sp³-hybridized carbons (Fsp3) is 0.160. The summed E-state index contributed by atoms with van der Waals surface area (Å²) in [5.74, 6) is -1.38. The van der Waals surface area contributed by atoms with Gasteiger partial charge in [-0.1, -0.05) is 41.9 Å². The van der Waals surface area contributed by atoms with Gasteiger partial charge in [-0.15, -0.1) is 0 Å². The summed E-state index contributed by atoms with van der Waals surface area (Å²) in [5.41, 5.74) is 1.80. The van der Waals surface area contributed by atoms with E-state index in [0.29, 0.717) is 17.1 Å². The molecule has 0 aliphatic carbocycles. The molecule has 0 bridgehead atoms. The van der Waals surface area contributed by atoms with Crippen molar-refractivity contribution in [3.05, 3.63) is 95.3 Å². The van der Waals surface area contributed by atoms with Crippen molar-refractivity contribution in [3.63, 3.8) is 0 Å². The second kappa shape index (κ2) is 9.83. The van der Waals surface area contributed by atoms with E-state index in [4.69, 9.17) is 11.6 Å². The number of nitrogens with zero attached hydrogens (tertiary/aromatic N) is 2. The maximum Gasteiger partial charge on any atom is 0.332 e. The molecule has 0 aromatic heterocycles.